The van der Waals surface area contributed by atoms with Crippen molar-refractivity contribution in [3.63, 3.8) is 0 Å². The summed E-state index contributed by atoms with van der Waals surface area (Å²) in [6.07, 6.45) is 3.29. The number of aryl methyl sites for hydroxylation is 1. The van der Waals surface area contributed by atoms with Gasteiger partial charge in [-0.05, 0) is 30.5 Å². The van der Waals surface area contributed by atoms with Gasteiger partial charge in [0.2, 0.25) is 5.91 Å². The minimum Gasteiger partial charge on any atom is -0.385 e. The number of benzene rings is 2. The molecule has 4 heteroatoms. The van der Waals surface area contributed by atoms with Crippen LogP contribution < -0.4 is 5.32 Å². The van der Waals surface area contributed by atoms with Gasteiger partial charge in [0.05, 0.1) is 0 Å². The van der Waals surface area contributed by atoms with Gasteiger partial charge in [-0.15, -0.1) is 0 Å². The molecule has 0 aliphatic rings. The molecule has 0 radical (unpaired) electrons. The number of hydrogen-bond acceptors (Lipinski definition) is 2. The van der Waals surface area contributed by atoms with Crippen LogP contribution in [0.5, 0.6) is 0 Å². The van der Waals surface area contributed by atoms with Crippen molar-refractivity contribution >= 4 is 16.8 Å². The van der Waals surface area contributed by atoms with E-state index in [0.29, 0.717) is 19.6 Å². The molecule has 0 bridgehead atoms. The largest absolute Gasteiger partial charge is 0.385 e. The van der Waals surface area contributed by atoms with E-state index in [1.807, 2.05) is 18.3 Å². The van der Waals surface area contributed by atoms with Crippen molar-refractivity contribution in [2.75, 3.05) is 20.3 Å². The standard InChI is InChI=1S/C22H26N2O2/c1-16-8-10-17(11-9-16)19(14-22(25)23-12-5-13-26-2)20-15-24-21-7-4-3-6-18(20)21/h3-4,6-11,15,19,24H,5,12-14H2,1-2H3,(H,23,25). The second-order valence-electron chi connectivity index (χ2n) is 6.65. The smallest absolute Gasteiger partial charge is 0.220 e. The van der Waals surface area contributed by atoms with Crippen LogP contribution in [-0.2, 0) is 9.53 Å². The molecule has 0 spiro atoms. The molecule has 0 saturated heterocycles. The number of para-hydroxylation sites is 1. The third-order valence-corrected chi connectivity index (χ3v) is 4.71. The molecule has 136 valence electrons. The van der Waals surface area contributed by atoms with Crippen LogP contribution >= 0.6 is 0 Å². The summed E-state index contributed by atoms with van der Waals surface area (Å²) in [4.78, 5) is 15.9. The summed E-state index contributed by atoms with van der Waals surface area (Å²) in [5, 5.41) is 4.18. The van der Waals surface area contributed by atoms with Crippen LogP contribution in [0.25, 0.3) is 10.9 Å². The first-order valence-corrected chi connectivity index (χ1v) is 9.07. The molecule has 0 saturated carbocycles. The first kappa shape index (κ1) is 18.2. The lowest BCUT2D eigenvalue weighted by Gasteiger charge is -2.17. The Labute approximate surface area is 154 Å². The highest BCUT2D eigenvalue weighted by atomic mass is 16.5. The Bertz CT molecular complexity index is 852. The van der Waals surface area contributed by atoms with E-state index in [0.717, 1.165) is 23.1 Å². The number of aromatic amines is 1. The molecule has 3 aromatic rings. The second kappa shape index (κ2) is 8.68. The van der Waals surface area contributed by atoms with Gasteiger partial charge in [0.25, 0.3) is 0 Å². The van der Waals surface area contributed by atoms with Gasteiger partial charge >= 0.3 is 0 Å². The quantitative estimate of drug-likeness (QED) is 0.600. The highest BCUT2D eigenvalue weighted by Gasteiger charge is 2.21. The van der Waals surface area contributed by atoms with Gasteiger partial charge in [-0.2, -0.15) is 0 Å². The Kier molecular flexibility index (Phi) is 6.08. The fourth-order valence-corrected chi connectivity index (χ4v) is 3.29. The Hall–Kier alpha value is -2.59. The van der Waals surface area contributed by atoms with Crippen LogP contribution in [0.3, 0.4) is 0 Å². The van der Waals surface area contributed by atoms with Crippen molar-refractivity contribution in [3.8, 4) is 0 Å². The predicted octanol–water partition coefficient (Wildman–Crippen LogP) is 4.15. The molecule has 1 heterocycles. The van der Waals surface area contributed by atoms with Crippen molar-refractivity contribution in [1.29, 1.82) is 0 Å². The van der Waals surface area contributed by atoms with Crippen molar-refractivity contribution in [3.05, 3.63) is 71.4 Å². The zero-order chi connectivity index (χ0) is 18.4. The molecule has 1 aromatic heterocycles. The summed E-state index contributed by atoms with van der Waals surface area (Å²) < 4.78 is 5.04. The summed E-state index contributed by atoms with van der Waals surface area (Å²) in [6, 6.07) is 16.7. The van der Waals surface area contributed by atoms with Crippen molar-refractivity contribution < 1.29 is 9.53 Å². The lowest BCUT2D eigenvalue weighted by molar-refractivity contribution is -0.121. The molecule has 3 rings (SSSR count). The SMILES string of the molecule is COCCCNC(=O)CC(c1ccc(C)cc1)c1c[nH]c2ccccc12. The van der Waals surface area contributed by atoms with E-state index in [2.05, 4.69) is 53.6 Å². The molecule has 2 aromatic carbocycles. The first-order valence-electron chi connectivity index (χ1n) is 9.07. The van der Waals surface area contributed by atoms with Crippen LogP contribution in [0.1, 0.15) is 35.4 Å². The van der Waals surface area contributed by atoms with Crippen LogP contribution in [0.2, 0.25) is 0 Å². The average molecular weight is 350 g/mol. The number of carbonyl (C=O) groups excluding carboxylic acids is 1. The number of carbonyl (C=O) groups is 1. The number of hydrogen-bond donors (Lipinski definition) is 2. The monoisotopic (exact) mass is 350 g/mol. The summed E-state index contributed by atoms with van der Waals surface area (Å²) in [5.74, 6) is 0.0890. The normalized spacial score (nSPS) is 12.2. The molecule has 0 aliphatic carbocycles. The molecule has 0 fully saturated rings. The Morgan fingerprint density at radius 1 is 1.15 bits per heavy atom. The number of methoxy groups -OCH3 is 1. The molecule has 26 heavy (non-hydrogen) atoms. The maximum Gasteiger partial charge on any atom is 0.220 e. The lowest BCUT2D eigenvalue weighted by atomic mass is 9.87. The highest BCUT2D eigenvalue weighted by molar-refractivity contribution is 5.86. The Morgan fingerprint density at radius 2 is 1.92 bits per heavy atom. The van der Waals surface area contributed by atoms with Crippen LogP contribution in [0.4, 0.5) is 0 Å². The number of nitrogens with one attached hydrogen (secondary N) is 2. The highest BCUT2D eigenvalue weighted by Crippen LogP contribution is 2.33. The lowest BCUT2D eigenvalue weighted by Crippen LogP contribution is -2.27. The van der Waals surface area contributed by atoms with Crippen molar-refractivity contribution in [2.45, 2.75) is 25.7 Å². The third-order valence-electron chi connectivity index (χ3n) is 4.71. The molecule has 1 unspecified atom stereocenters. The fraction of sp³-hybridized carbons (Fsp3) is 0.318. The summed E-state index contributed by atoms with van der Waals surface area (Å²) in [6.45, 7) is 3.37. The topological polar surface area (TPSA) is 54.1 Å². The fourth-order valence-electron chi connectivity index (χ4n) is 3.29. The van der Waals surface area contributed by atoms with Gasteiger partial charge in [-0.25, -0.2) is 0 Å². The maximum absolute atomic E-state index is 12.5. The molecule has 0 aliphatic heterocycles. The van der Waals surface area contributed by atoms with Gasteiger partial charge in [-0.1, -0.05) is 48.0 Å². The van der Waals surface area contributed by atoms with Crippen molar-refractivity contribution in [1.82, 2.24) is 10.3 Å². The summed E-state index contributed by atoms with van der Waals surface area (Å²) in [5.41, 5.74) is 4.64. The van der Waals surface area contributed by atoms with Gasteiger partial charge in [0, 0.05) is 49.7 Å². The van der Waals surface area contributed by atoms with E-state index in [4.69, 9.17) is 4.74 Å². The van der Waals surface area contributed by atoms with Gasteiger partial charge in [0.1, 0.15) is 0 Å². The molecule has 4 nitrogen and oxygen atoms in total. The first-order chi connectivity index (χ1) is 12.7. The number of H-pyrrole nitrogens is 1. The summed E-state index contributed by atoms with van der Waals surface area (Å²) in [7, 11) is 1.67. The van der Waals surface area contributed by atoms with Crippen molar-refractivity contribution in [2.24, 2.45) is 0 Å². The van der Waals surface area contributed by atoms with Crippen LogP contribution in [0, 0.1) is 6.92 Å². The molecule has 1 atom stereocenters. The van der Waals surface area contributed by atoms with Gasteiger partial charge in [0.15, 0.2) is 0 Å². The zero-order valence-corrected chi connectivity index (χ0v) is 15.4. The van der Waals surface area contributed by atoms with Gasteiger partial charge < -0.3 is 15.0 Å². The minimum atomic E-state index is 0.0224. The van der Waals surface area contributed by atoms with E-state index in [9.17, 15) is 4.79 Å². The Balaban J connectivity index is 1.85. The molecule has 1 amide bonds. The Morgan fingerprint density at radius 3 is 2.69 bits per heavy atom. The second-order valence-corrected chi connectivity index (χ2v) is 6.65. The predicted molar refractivity (Wildman–Crippen MR) is 105 cm³/mol. The summed E-state index contributed by atoms with van der Waals surface area (Å²) >= 11 is 0. The number of rotatable bonds is 8. The van der Waals surface area contributed by atoms with Crippen LogP contribution in [0.15, 0.2) is 54.7 Å². The maximum atomic E-state index is 12.5. The van der Waals surface area contributed by atoms with Gasteiger partial charge in [-0.3, -0.25) is 4.79 Å². The van der Waals surface area contributed by atoms with E-state index in [1.165, 1.54) is 10.9 Å². The number of fused-ring (bicyclic) bond motifs is 1. The molecule has 2 N–H and O–H groups in total. The average Bonchev–Trinajstić information content (AvgIpc) is 3.08. The molecular weight excluding hydrogens is 324 g/mol. The zero-order valence-electron chi connectivity index (χ0n) is 15.4. The van der Waals surface area contributed by atoms with E-state index in [1.54, 1.807) is 7.11 Å². The molecular formula is C22H26N2O2. The van der Waals surface area contributed by atoms with E-state index < -0.39 is 0 Å². The number of amides is 1. The van der Waals surface area contributed by atoms with Crippen LogP contribution in [-0.4, -0.2) is 31.2 Å². The van der Waals surface area contributed by atoms with E-state index >= 15 is 0 Å². The minimum absolute atomic E-state index is 0.0224. The van der Waals surface area contributed by atoms with E-state index in [-0.39, 0.29) is 11.8 Å². The number of aromatic nitrogens is 1. The third kappa shape index (κ3) is 4.33. The number of ether oxygens (including phenoxy) is 1.